The molecule has 0 N–H and O–H groups in total. The van der Waals surface area contributed by atoms with Crippen molar-refractivity contribution in [2.75, 3.05) is 31.1 Å². The van der Waals surface area contributed by atoms with Crippen LogP contribution in [0.25, 0.3) is 11.4 Å². The Morgan fingerprint density at radius 2 is 1.73 bits per heavy atom. The lowest BCUT2D eigenvalue weighted by molar-refractivity contribution is 0.215. The zero-order chi connectivity index (χ0) is 17.9. The highest BCUT2D eigenvalue weighted by atomic mass is 19.1. The van der Waals surface area contributed by atoms with Crippen molar-refractivity contribution < 1.29 is 8.91 Å². The summed E-state index contributed by atoms with van der Waals surface area (Å²) in [5.41, 5.74) is 2.79. The van der Waals surface area contributed by atoms with E-state index in [4.69, 9.17) is 4.52 Å². The third-order valence-electron chi connectivity index (χ3n) is 4.78. The zero-order valence-electron chi connectivity index (χ0n) is 14.7. The predicted molar refractivity (Wildman–Crippen MR) is 98.4 cm³/mol. The van der Waals surface area contributed by atoms with Crippen LogP contribution < -0.4 is 4.90 Å². The Bertz CT molecular complexity index is 887. The normalized spacial score (nSPS) is 15.4. The molecule has 0 radical (unpaired) electrons. The van der Waals surface area contributed by atoms with Crippen molar-refractivity contribution in [1.82, 2.24) is 15.0 Å². The van der Waals surface area contributed by atoms with Crippen molar-refractivity contribution in [2.24, 2.45) is 0 Å². The van der Waals surface area contributed by atoms with E-state index in [1.54, 1.807) is 6.07 Å². The number of benzene rings is 2. The molecule has 26 heavy (non-hydrogen) atoms. The van der Waals surface area contributed by atoms with Gasteiger partial charge < -0.3 is 9.42 Å². The van der Waals surface area contributed by atoms with Gasteiger partial charge in [-0.15, -0.1) is 0 Å². The van der Waals surface area contributed by atoms with Gasteiger partial charge in [-0.2, -0.15) is 4.98 Å². The van der Waals surface area contributed by atoms with Crippen molar-refractivity contribution >= 4 is 5.69 Å². The Hall–Kier alpha value is -2.73. The highest BCUT2D eigenvalue weighted by Gasteiger charge is 2.21. The van der Waals surface area contributed by atoms with E-state index < -0.39 is 0 Å². The lowest BCUT2D eigenvalue weighted by Crippen LogP contribution is -2.46. The Labute approximate surface area is 152 Å². The molecule has 2 aromatic carbocycles. The van der Waals surface area contributed by atoms with E-state index in [1.165, 1.54) is 6.07 Å². The molecule has 1 aliphatic rings. The Morgan fingerprint density at radius 3 is 2.50 bits per heavy atom. The fourth-order valence-electron chi connectivity index (χ4n) is 3.30. The molecule has 0 saturated carbocycles. The Balaban J connectivity index is 1.38. The number of aryl methyl sites for hydroxylation is 1. The maximum atomic E-state index is 13.9. The smallest absolute Gasteiger partial charge is 0.241 e. The minimum absolute atomic E-state index is 0.166. The lowest BCUT2D eigenvalue weighted by atomic mass is 10.1. The summed E-state index contributed by atoms with van der Waals surface area (Å²) in [5, 5.41) is 4.11. The van der Waals surface area contributed by atoms with E-state index >= 15 is 0 Å². The van der Waals surface area contributed by atoms with Gasteiger partial charge in [0.2, 0.25) is 11.7 Å². The molecule has 0 amide bonds. The molecule has 1 saturated heterocycles. The Kier molecular flexibility index (Phi) is 4.67. The van der Waals surface area contributed by atoms with Gasteiger partial charge in [-0.3, -0.25) is 4.90 Å². The molecule has 0 spiro atoms. The number of aromatic nitrogens is 2. The van der Waals surface area contributed by atoms with Crippen LogP contribution in [-0.4, -0.2) is 41.2 Å². The first-order chi connectivity index (χ1) is 12.7. The Morgan fingerprint density at radius 1 is 1.00 bits per heavy atom. The third-order valence-corrected chi connectivity index (χ3v) is 4.78. The number of hydrogen-bond acceptors (Lipinski definition) is 5. The molecule has 4 rings (SSSR count). The fourth-order valence-corrected chi connectivity index (χ4v) is 3.30. The van der Waals surface area contributed by atoms with E-state index in [9.17, 15) is 4.39 Å². The maximum Gasteiger partial charge on any atom is 0.241 e. The second-order valence-corrected chi connectivity index (χ2v) is 6.54. The lowest BCUT2D eigenvalue weighted by Gasteiger charge is -2.35. The van der Waals surface area contributed by atoms with Crippen molar-refractivity contribution in [3.8, 4) is 11.4 Å². The fraction of sp³-hybridized carbons (Fsp3) is 0.300. The van der Waals surface area contributed by atoms with Crippen molar-refractivity contribution in [1.29, 1.82) is 0 Å². The molecule has 0 aliphatic carbocycles. The van der Waals surface area contributed by atoms with Crippen LogP contribution in [0.15, 0.2) is 53.1 Å². The monoisotopic (exact) mass is 352 g/mol. The second-order valence-electron chi connectivity index (χ2n) is 6.54. The molecular weight excluding hydrogens is 331 g/mol. The molecule has 2 heterocycles. The molecule has 0 bridgehead atoms. The average Bonchev–Trinajstić information content (AvgIpc) is 3.11. The summed E-state index contributed by atoms with van der Waals surface area (Å²) in [6, 6.07) is 14.9. The summed E-state index contributed by atoms with van der Waals surface area (Å²) in [4.78, 5) is 8.87. The summed E-state index contributed by atoms with van der Waals surface area (Å²) in [6.07, 6.45) is 0. The van der Waals surface area contributed by atoms with E-state index in [2.05, 4.69) is 19.9 Å². The first-order valence-corrected chi connectivity index (χ1v) is 8.81. The van der Waals surface area contributed by atoms with Gasteiger partial charge in [0.1, 0.15) is 5.82 Å². The van der Waals surface area contributed by atoms with Gasteiger partial charge in [0, 0.05) is 31.7 Å². The number of halogens is 1. The largest absolute Gasteiger partial charge is 0.367 e. The molecule has 3 aromatic rings. The molecule has 0 atom stereocenters. The summed E-state index contributed by atoms with van der Waals surface area (Å²) in [6.45, 7) is 5.86. The number of piperazine rings is 1. The zero-order valence-corrected chi connectivity index (χ0v) is 14.7. The van der Waals surface area contributed by atoms with Crippen LogP contribution in [-0.2, 0) is 6.54 Å². The van der Waals surface area contributed by atoms with Gasteiger partial charge in [-0.25, -0.2) is 4.39 Å². The van der Waals surface area contributed by atoms with E-state index in [0.29, 0.717) is 23.9 Å². The summed E-state index contributed by atoms with van der Waals surface area (Å²) in [5.74, 6) is 1.08. The second kappa shape index (κ2) is 7.25. The summed E-state index contributed by atoms with van der Waals surface area (Å²) in [7, 11) is 0. The van der Waals surface area contributed by atoms with Gasteiger partial charge in [-0.05, 0) is 24.6 Å². The number of hydrogen-bond donors (Lipinski definition) is 0. The van der Waals surface area contributed by atoms with Crippen LogP contribution in [0.3, 0.4) is 0 Å². The minimum atomic E-state index is -0.166. The van der Waals surface area contributed by atoms with E-state index in [1.807, 2.05) is 43.3 Å². The standard InChI is InChI=1S/C20H21FN4O/c1-15-6-2-3-7-16(15)20-22-19(26-23-20)14-24-10-12-25(13-11-24)18-9-5-4-8-17(18)21/h2-9H,10-14H2,1H3. The van der Waals surface area contributed by atoms with Crippen molar-refractivity contribution in [2.45, 2.75) is 13.5 Å². The van der Waals surface area contributed by atoms with Gasteiger partial charge in [0.15, 0.2) is 0 Å². The molecule has 6 heteroatoms. The number of rotatable bonds is 4. The van der Waals surface area contributed by atoms with Gasteiger partial charge in [0.05, 0.1) is 12.2 Å². The van der Waals surface area contributed by atoms with E-state index in [-0.39, 0.29) is 5.82 Å². The van der Waals surface area contributed by atoms with Gasteiger partial charge in [-0.1, -0.05) is 41.6 Å². The summed E-state index contributed by atoms with van der Waals surface area (Å²) >= 11 is 0. The molecule has 1 aliphatic heterocycles. The molecule has 0 unspecified atom stereocenters. The summed E-state index contributed by atoms with van der Waals surface area (Å²) < 4.78 is 19.4. The van der Waals surface area contributed by atoms with Crippen LogP contribution >= 0.6 is 0 Å². The number of anilines is 1. The SMILES string of the molecule is Cc1ccccc1-c1noc(CN2CCN(c3ccccc3F)CC2)n1. The highest BCUT2D eigenvalue weighted by molar-refractivity contribution is 5.58. The highest BCUT2D eigenvalue weighted by Crippen LogP contribution is 2.22. The molecule has 1 aromatic heterocycles. The first-order valence-electron chi connectivity index (χ1n) is 8.81. The third kappa shape index (κ3) is 3.46. The van der Waals surface area contributed by atoms with Crippen LogP contribution in [0.1, 0.15) is 11.5 Å². The predicted octanol–water partition coefficient (Wildman–Crippen LogP) is 3.51. The van der Waals surface area contributed by atoms with Crippen LogP contribution in [0.2, 0.25) is 0 Å². The van der Waals surface area contributed by atoms with Gasteiger partial charge >= 0.3 is 0 Å². The minimum Gasteiger partial charge on any atom is -0.367 e. The van der Waals surface area contributed by atoms with Crippen LogP contribution in [0, 0.1) is 12.7 Å². The maximum absolute atomic E-state index is 13.9. The van der Waals surface area contributed by atoms with E-state index in [0.717, 1.165) is 37.3 Å². The topological polar surface area (TPSA) is 45.4 Å². The quantitative estimate of drug-likeness (QED) is 0.719. The van der Waals surface area contributed by atoms with Crippen LogP contribution in [0.5, 0.6) is 0 Å². The van der Waals surface area contributed by atoms with Crippen molar-refractivity contribution in [3.63, 3.8) is 0 Å². The molecule has 1 fully saturated rings. The average molecular weight is 352 g/mol. The van der Waals surface area contributed by atoms with Gasteiger partial charge in [0.25, 0.3) is 0 Å². The number of nitrogens with zero attached hydrogens (tertiary/aromatic N) is 4. The molecular formula is C20H21FN4O. The molecule has 5 nitrogen and oxygen atoms in total. The van der Waals surface area contributed by atoms with Crippen molar-refractivity contribution in [3.05, 3.63) is 65.8 Å². The van der Waals surface area contributed by atoms with Crippen LogP contribution in [0.4, 0.5) is 10.1 Å². The first kappa shape index (κ1) is 16.7. The number of para-hydroxylation sites is 1. The molecule has 134 valence electrons.